The van der Waals surface area contributed by atoms with Crippen LogP contribution in [0.1, 0.15) is 35.3 Å². The summed E-state index contributed by atoms with van der Waals surface area (Å²) in [6.45, 7) is 3.47. The number of nitrogens with zero attached hydrogens (tertiary/aromatic N) is 3. The van der Waals surface area contributed by atoms with E-state index in [1.807, 2.05) is 0 Å². The summed E-state index contributed by atoms with van der Waals surface area (Å²) in [6, 6.07) is 9.45. The molecular formula is C18H16FN3S. The first-order chi connectivity index (χ1) is 11.1. The van der Waals surface area contributed by atoms with E-state index >= 15 is 0 Å². The molecular weight excluding hydrogens is 309 g/mol. The van der Waals surface area contributed by atoms with Crippen LogP contribution in [0.15, 0.2) is 18.2 Å². The Bertz CT molecular complexity index is 765. The lowest BCUT2D eigenvalue weighted by Gasteiger charge is -2.30. The van der Waals surface area contributed by atoms with Crippen LogP contribution in [-0.2, 0) is 0 Å². The number of hydrogen-bond acceptors (Lipinski definition) is 4. The molecule has 0 bridgehead atoms. The van der Waals surface area contributed by atoms with Gasteiger partial charge in [0, 0.05) is 22.8 Å². The smallest absolute Gasteiger partial charge is 0.137 e. The Labute approximate surface area is 139 Å². The summed E-state index contributed by atoms with van der Waals surface area (Å²) >= 11 is 1.34. The predicted molar refractivity (Wildman–Crippen MR) is 89.9 cm³/mol. The second-order valence-corrected chi connectivity index (χ2v) is 6.96. The highest BCUT2D eigenvalue weighted by molar-refractivity contribution is 7.15. The van der Waals surface area contributed by atoms with E-state index in [2.05, 4.69) is 17.0 Å². The largest absolute Gasteiger partial charge is 0.369 e. The molecule has 2 heterocycles. The third-order valence-corrected chi connectivity index (χ3v) is 5.24. The molecule has 23 heavy (non-hydrogen) atoms. The van der Waals surface area contributed by atoms with Gasteiger partial charge >= 0.3 is 0 Å². The molecule has 0 aliphatic carbocycles. The number of aryl methyl sites for hydroxylation is 1. The summed E-state index contributed by atoms with van der Waals surface area (Å²) in [5.41, 5.74) is 2.45. The Morgan fingerprint density at radius 3 is 2.13 bits per heavy atom. The molecule has 3 nitrogen and oxygen atoms in total. The number of rotatable bonds is 2. The van der Waals surface area contributed by atoms with Crippen LogP contribution in [-0.4, -0.2) is 13.1 Å². The van der Waals surface area contributed by atoms with E-state index in [4.69, 9.17) is 0 Å². The van der Waals surface area contributed by atoms with Gasteiger partial charge in [-0.2, -0.15) is 10.5 Å². The van der Waals surface area contributed by atoms with Crippen molar-refractivity contribution < 1.29 is 4.39 Å². The molecule has 0 saturated carbocycles. The molecule has 1 saturated heterocycles. The number of anilines is 1. The monoisotopic (exact) mass is 325 g/mol. The van der Waals surface area contributed by atoms with Gasteiger partial charge in [-0.15, -0.1) is 11.3 Å². The molecule has 0 spiro atoms. The zero-order chi connectivity index (χ0) is 16.4. The average molecular weight is 325 g/mol. The van der Waals surface area contributed by atoms with Crippen molar-refractivity contribution >= 4 is 17.0 Å². The number of benzene rings is 1. The number of halogens is 1. The second kappa shape index (κ2) is 6.40. The van der Waals surface area contributed by atoms with Gasteiger partial charge in [-0.3, -0.25) is 0 Å². The summed E-state index contributed by atoms with van der Waals surface area (Å²) in [4.78, 5) is 3.49. The minimum absolute atomic E-state index is 0.248. The van der Waals surface area contributed by atoms with Crippen LogP contribution in [0.4, 0.5) is 10.1 Å². The van der Waals surface area contributed by atoms with E-state index in [1.54, 1.807) is 19.1 Å². The molecule has 1 fully saturated rings. The van der Waals surface area contributed by atoms with Crippen LogP contribution in [0.5, 0.6) is 0 Å². The summed E-state index contributed by atoms with van der Waals surface area (Å²) in [5, 5.41) is 19.1. The van der Waals surface area contributed by atoms with Gasteiger partial charge in [0.15, 0.2) is 0 Å². The molecule has 0 atom stereocenters. The van der Waals surface area contributed by atoms with Crippen molar-refractivity contribution in [3.05, 3.63) is 40.0 Å². The minimum atomic E-state index is -0.248. The van der Waals surface area contributed by atoms with Crippen molar-refractivity contribution in [2.45, 2.75) is 26.2 Å². The van der Waals surface area contributed by atoms with Crippen molar-refractivity contribution in [2.24, 2.45) is 0 Å². The number of hydrogen-bond donors (Lipinski definition) is 0. The van der Waals surface area contributed by atoms with E-state index in [1.165, 1.54) is 23.8 Å². The van der Waals surface area contributed by atoms with Gasteiger partial charge in [0.05, 0.1) is 16.8 Å². The van der Waals surface area contributed by atoms with E-state index in [0.717, 1.165) is 42.1 Å². The Morgan fingerprint density at radius 2 is 1.65 bits per heavy atom. The molecule has 116 valence electrons. The Morgan fingerprint density at radius 1 is 1.04 bits per heavy atom. The van der Waals surface area contributed by atoms with E-state index in [0.29, 0.717) is 16.0 Å². The zero-order valence-electron chi connectivity index (χ0n) is 12.9. The lowest BCUT2D eigenvalue weighted by atomic mass is 10.00. The number of nitriles is 2. The number of thiophene rings is 1. The minimum Gasteiger partial charge on any atom is -0.369 e. The van der Waals surface area contributed by atoms with Gasteiger partial charge < -0.3 is 4.90 Å². The van der Waals surface area contributed by atoms with Crippen LogP contribution < -0.4 is 4.90 Å². The van der Waals surface area contributed by atoms with Crippen molar-refractivity contribution in [3.8, 4) is 22.6 Å². The third-order valence-electron chi connectivity index (χ3n) is 4.16. The van der Waals surface area contributed by atoms with Crippen LogP contribution >= 0.6 is 11.3 Å². The average Bonchev–Trinajstić information content (AvgIpc) is 2.93. The van der Waals surface area contributed by atoms with Crippen LogP contribution in [0.2, 0.25) is 0 Å². The molecule has 0 amide bonds. The standard InChI is InChI=1S/C18H16FN3S/c1-12-16(19)9-17(23-12)13-7-14(10-20)18(15(8-13)11-21)22-5-3-2-4-6-22/h7-9H,2-6H2,1H3. The molecule has 0 radical (unpaired) electrons. The van der Waals surface area contributed by atoms with Crippen molar-refractivity contribution in [2.75, 3.05) is 18.0 Å². The fraction of sp³-hybridized carbons (Fsp3) is 0.333. The highest BCUT2D eigenvalue weighted by Gasteiger charge is 2.20. The summed E-state index contributed by atoms with van der Waals surface area (Å²) in [7, 11) is 0. The van der Waals surface area contributed by atoms with Crippen LogP contribution in [0.3, 0.4) is 0 Å². The summed E-state index contributed by atoms with van der Waals surface area (Å²) in [6.07, 6.45) is 3.34. The maximum absolute atomic E-state index is 13.6. The van der Waals surface area contributed by atoms with Gasteiger partial charge in [0.1, 0.15) is 18.0 Å². The van der Waals surface area contributed by atoms with E-state index < -0.39 is 0 Å². The molecule has 1 aromatic carbocycles. The third kappa shape index (κ3) is 2.93. The molecule has 2 aromatic rings. The second-order valence-electron chi connectivity index (χ2n) is 5.71. The van der Waals surface area contributed by atoms with E-state index in [-0.39, 0.29) is 5.82 Å². The summed E-state index contributed by atoms with van der Waals surface area (Å²) < 4.78 is 13.6. The first kappa shape index (κ1) is 15.5. The molecule has 0 N–H and O–H groups in total. The Balaban J connectivity index is 2.12. The molecule has 0 unspecified atom stereocenters. The predicted octanol–water partition coefficient (Wildman–Crippen LogP) is 4.60. The molecule has 5 heteroatoms. The first-order valence-corrected chi connectivity index (χ1v) is 8.45. The first-order valence-electron chi connectivity index (χ1n) is 7.63. The van der Waals surface area contributed by atoms with Crippen molar-refractivity contribution in [3.63, 3.8) is 0 Å². The molecule has 1 aliphatic heterocycles. The molecule has 1 aromatic heterocycles. The van der Waals surface area contributed by atoms with Gasteiger partial charge in [-0.05, 0) is 49.9 Å². The SMILES string of the molecule is Cc1sc(-c2cc(C#N)c(N3CCCCC3)c(C#N)c2)cc1F. The van der Waals surface area contributed by atoms with Crippen LogP contribution in [0, 0.1) is 35.4 Å². The number of piperidine rings is 1. The molecule has 1 aliphatic rings. The quantitative estimate of drug-likeness (QED) is 0.811. The molecule has 3 rings (SSSR count). The Kier molecular flexibility index (Phi) is 4.32. The van der Waals surface area contributed by atoms with E-state index in [9.17, 15) is 14.9 Å². The topological polar surface area (TPSA) is 50.8 Å². The highest BCUT2D eigenvalue weighted by Crippen LogP contribution is 2.36. The van der Waals surface area contributed by atoms with Gasteiger partial charge in [0.2, 0.25) is 0 Å². The van der Waals surface area contributed by atoms with Crippen molar-refractivity contribution in [1.82, 2.24) is 0 Å². The fourth-order valence-corrected chi connectivity index (χ4v) is 3.89. The van der Waals surface area contributed by atoms with Gasteiger partial charge in [0.25, 0.3) is 0 Å². The summed E-state index contributed by atoms with van der Waals surface area (Å²) in [5.74, 6) is -0.248. The zero-order valence-corrected chi connectivity index (χ0v) is 13.7. The fourth-order valence-electron chi connectivity index (χ4n) is 3.01. The van der Waals surface area contributed by atoms with Crippen LogP contribution in [0.25, 0.3) is 10.4 Å². The maximum Gasteiger partial charge on any atom is 0.137 e. The Hall–Kier alpha value is -2.37. The van der Waals surface area contributed by atoms with Gasteiger partial charge in [-0.1, -0.05) is 0 Å². The normalized spacial score (nSPS) is 14.3. The lowest BCUT2D eigenvalue weighted by Crippen LogP contribution is -2.30. The highest BCUT2D eigenvalue weighted by atomic mass is 32.1. The van der Waals surface area contributed by atoms with Crippen molar-refractivity contribution in [1.29, 1.82) is 10.5 Å². The maximum atomic E-state index is 13.6. The lowest BCUT2D eigenvalue weighted by molar-refractivity contribution is 0.577. The van der Waals surface area contributed by atoms with Gasteiger partial charge in [-0.25, -0.2) is 4.39 Å².